The minimum Gasteiger partial charge on any atom is -0.388 e. The Kier molecular flexibility index (Phi) is 2.80. The van der Waals surface area contributed by atoms with Gasteiger partial charge in [0.05, 0.1) is 5.69 Å². The van der Waals surface area contributed by atoms with E-state index in [1.807, 2.05) is 0 Å². The molecule has 0 N–H and O–H groups in total. The highest BCUT2D eigenvalue weighted by atomic mass is 16.5. The first-order valence-corrected chi connectivity index (χ1v) is 3.52. The molecule has 0 aliphatic rings. The lowest BCUT2D eigenvalue weighted by molar-refractivity contribution is 0.507. The predicted molar refractivity (Wildman–Crippen MR) is 45.2 cm³/mol. The Labute approximate surface area is 75.1 Å². The summed E-state index contributed by atoms with van der Waals surface area (Å²) in [5.41, 5.74) is 1.29. The maximum atomic E-state index is 10.00. The summed E-state index contributed by atoms with van der Waals surface area (Å²) in [5, 5.41) is 8.23. The summed E-state index contributed by atoms with van der Waals surface area (Å²) in [4.78, 5) is 13.5. The van der Waals surface area contributed by atoms with Gasteiger partial charge in [0.25, 0.3) is 6.26 Å². The molecule has 0 spiro atoms. The second-order valence-corrected chi connectivity index (χ2v) is 2.34. The molecular formula is C9H6N2O2. The topological polar surface area (TPSA) is 62.4 Å². The van der Waals surface area contributed by atoms with Crippen molar-refractivity contribution in [3.05, 3.63) is 23.8 Å². The van der Waals surface area contributed by atoms with E-state index in [4.69, 9.17) is 5.26 Å². The van der Waals surface area contributed by atoms with Gasteiger partial charge in [0.2, 0.25) is 6.08 Å². The Hall–Kier alpha value is -2.11. The van der Waals surface area contributed by atoms with Crippen LogP contribution in [0.3, 0.4) is 0 Å². The summed E-state index contributed by atoms with van der Waals surface area (Å²) in [5.74, 6) is 0.363. The van der Waals surface area contributed by atoms with Crippen LogP contribution in [-0.2, 0) is 4.79 Å². The fourth-order valence-corrected chi connectivity index (χ4v) is 0.875. The van der Waals surface area contributed by atoms with Gasteiger partial charge in [-0.05, 0) is 18.6 Å². The van der Waals surface area contributed by atoms with Gasteiger partial charge >= 0.3 is 0 Å². The summed E-state index contributed by atoms with van der Waals surface area (Å²) >= 11 is 0. The van der Waals surface area contributed by atoms with Crippen molar-refractivity contribution in [1.82, 2.24) is 0 Å². The van der Waals surface area contributed by atoms with Gasteiger partial charge in [-0.2, -0.15) is 4.99 Å². The Balaban J connectivity index is 3.12. The van der Waals surface area contributed by atoms with Gasteiger partial charge in [0.15, 0.2) is 0 Å². The number of isocyanates is 1. The molecule has 0 unspecified atom stereocenters. The third-order valence-electron chi connectivity index (χ3n) is 1.51. The fraction of sp³-hybridized carbons (Fsp3) is 0.111. The lowest BCUT2D eigenvalue weighted by Crippen LogP contribution is -1.82. The molecule has 0 saturated heterocycles. The third-order valence-corrected chi connectivity index (χ3v) is 1.51. The van der Waals surface area contributed by atoms with Gasteiger partial charge in [-0.3, -0.25) is 0 Å². The Bertz CT molecular complexity index is 401. The molecule has 0 aromatic heterocycles. The number of rotatable bonds is 2. The van der Waals surface area contributed by atoms with Gasteiger partial charge in [-0.25, -0.2) is 4.79 Å². The first-order chi connectivity index (χ1) is 6.27. The summed E-state index contributed by atoms with van der Waals surface area (Å²) in [6, 6.07) is 4.84. The molecular weight excluding hydrogens is 168 g/mol. The molecule has 0 aliphatic carbocycles. The number of hydrogen-bond donors (Lipinski definition) is 0. The highest BCUT2D eigenvalue weighted by Crippen LogP contribution is 2.23. The number of nitrogens with zero attached hydrogens (tertiary/aromatic N) is 2. The number of benzene rings is 1. The third kappa shape index (κ3) is 2.16. The molecule has 4 heteroatoms. The van der Waals surface area contributed by atoms with Crippen LogP contribution in [0.5, 0.6) is 5.75 Å². The molecule has 1 rings (SSSR count). The largest absolute Gasteiger partial charge is 0.388 e. The van der Waals surface area contributed by atoms with Crippen LogP contribution >= 0.6 is 0 Å². The van der Waals surface area contributed by atoms with Crippen LogP contribution in [0.25, 0.3) is 0 Å². The number of ether oxygens (including phenoxy) is 1. The summed E-state index contributed by atoms with van der Waals surface area (Å²) < 4.78 is 4.56. The minimum atomic E-state index is 0.363. The lowest BCUT2D eigenvalue weighted by atomic mass is 10.2. The highest BCUT2D eigenvalue weighted by Gasteiger charge is 1.99. The fourth-order valence-electron chi connectivity index (χ4n) is 0.875. The van der Waals surface area contributed by atoms with Crippen LogP contribution < -0.4 is 4.74 Å². The van der Waals surface area contributed by atoms with Crippen LogP contribution in [0.15, 0.2) is 23.2 Å². The number of hydrogen-bond acceptors (Lipinski definition) is 4. The van der Waals surface area contributed by atoms with E-state index < -0.39 is 0 Å². The molecule has 64 valence electrons. The lowest BCUT2D eigenvalue weighted by Gasteiger charge is -1.99. The van der Waals surface area contributed by atoms with Crippen LogP contribution in [0.2, 0.25) is 0 Å². The molecule has 0 atom stereocenters. The number of aryl methyl sites for hydroxylation is 1. The molecule has 1 aromatic carbocycles. The standard InChI is InChI=1S/C9H6N2O2/c1-7-2-3-8(13-5-10)4-9(7)11-6-12/h2-4H,1H3. The van der Waals surface area contributed by atoms with Gasteiger partial charge in [-0.15, -0.1) is 5.26 Å². The Morgan fingerprint density at radius 3 is 2.92 bits per heavy atom. The van der Waals surface area contributed by atoms with E-state index in [1.165, 1.54) is 18.4 Å². The second kappa shape index (κ2) is 4.05. The zero-order valence-corrected chi connectivity index (χ0v) is 6.94. The van der Waals surface area contributed by atoms with Crippen molar-refractivity contribution >= 4 is 11.8 Å². The second-order valence-electron chi connectivity index (χ2n) is 2.34. The normalized spacial score (nSPS) is 8.31. The average molecular weight is 174 g/mol. The monoisotopic (exact) mass is 174 g/mol. The van der Waals surface area contributed by atoms with E-state index in [1.54, 1.807) is 19.1 Å². The summed E-state index contributed by atoms with van der Waals surface area (Å²) in [6.07, 6.45) is 2.96. The van der Waals surface area contributed by atoms with Gasteiger partial charge in [0, 0.05) is 6.07 Å². The van der Waals surface area contributed by atoms with Crippen molar-refractivity contribution in [3.8, 4) is 12.0 Å². The molecule has 0 saturated carbocycles. The van der Waals surface area contributed by atoms with E-state index in [9.17, 15) is 4.79 Å². The molecule has 0 radical (unpaired) electrons. The number of nitriles is 1. The SMILES string of the molecule is Cc1ccc(OC#N)cc1N=C=O. The van der Waals surface area contributed by atoms with Crippen LogP contribution in [0, 0.1) is 18.4 Å². The zero-order chi connectivity index (χ0) is 9.68. The van der Waals surface area contributed by atoms with Gasteiger partial charge < -0.3 is 4.74 Å². The van der Waals surface area contributed by atoms with Crippen molar-refractivity contribution in [2.24, 2.45) is 4.99 Å². The maximum Gasteiger partial charge on any atom is 0.292 e. The highest BCUT2D eigenvalue weighted by molar-refractivity contribution is 5.56. The molecule has 0 fully saturated rings. The van der Waals surface area contributed by atoms with Crippen molar-refractivity contribution in [1.29, 1.82) is 5.26 Å². The smallest absolute Gasteiger partial charge is 0.292 e. The van der Waals surface area contributed by atoms with E-state index in [0.717, 1.165) is 5.56 Å². The van der Waals surface area contributed by atoms with E-state index >= 15 is 0 Å². The van der Waals surface area contributed by atoms with Crippen LogP contribution in [-0.4, -0.2) is 6.08 Å². The van der Waals surface area contributed by atoms with Crippen LogP contribution in [0.1, 0.15) is 5.56 Å². The number of aliphatic imine (C=N–C) groups is 1. The van der Waals surface area contributed by atoms with E-state index in [0.29, 0.717) is 11.4 Å². The average Bonchev–Trinajstić information content (AvgIpc) is 2.12. The summed E-state index contributed by atoms with van der Waals surface area (Å²) in [7, 11) is 0. The molecule has 0 amide bonds. The molecule has 0 aliphatic heterocycles. The summed E-state index contributed by atoms with van der Waals surface area (Å²) in [6.45, 7) is 1.80. The molecule has 0 heterocycles. The first-order valence-electron chi connectivity index (χ1n) is 3.52. The van der Waals surface area contributed by atoms with E-state index in [-0.39, 0.29) is 0 Å². The minimum absolute atomic E-state index is 0.363. The quantitative estimate of drug-likeness (QED) is 0.390. The Morgan fingerprint density at radius 1 is 1.54 bits per heavy atom. The maximum absolute atomic E-state index is 10.00. The first kappa shape index (κ1) is 8.98. The van der Waals surface area contributed by atoms with Gasteiger partial charge in [0.1, 0.15) is 5.75 Å². The number of carbonyl (C=O) groups excluding carboxylic acids is 1. The predicted octanol–water partition coefficient (Wildman–Crippen LogP) is 1.82. The van der Waals surface area contributed by atoms with Crippen molar-refractivity contribution in [3.63, 3.8) is 0 Å². The van der Waals surface area contributed by atoms with Crippen molar-refractivity contribution in [2.75, 3.05) is 0 Å². The van der Waals surface area contributed by atoms with Crippen molar-refractivity contribution < 1.29 is 9.53 Å². The van der Waals surface area contributed by atoms with Crippen molar-refractivity contribution in [2.45, 2.75) is 6.92 Å². The van der Waals surface area contributed by atoms with Gasteiger partial charge in [-0.1, -0.05) is 6.07 Å². The van der Waals surface area contributed by atoms with E-state index in [2.05, 4.69) is 9.73 Å². The molecule has 1 aromatic rings. The molecule has 0 bridgehead atoms. The zero-order valence-electron chi connectivity index (χ0n) is 6.94. The Morgan fingerprint density at radius 2 is 2.31 bits per heavy atom. The molecule has 13 heavy (non-hydrogen) atoms. The molecule has 4 nitrogen and oxygen atoms in total. The van der Waals surface area contributed by atoms with Crippen LogP contribution in [0.4, 0.5) is 5.69 Å².